The number of carbonyl (C=O) groups is 2. The first kappa shape index (κ1) is 34.0. The first-order valence-corrected chi connectivity index (χ1v) is 16.9. The van der Waals surface area contributed by atoms with Gasteiger partial charge in [-0.1, -0.05) is 104 Å². The van der Waals surface area contributed by atoms with Crippen LogP contribution in [0, 0.1) is 12.8 Å². The van der Waals surface area contributed by atoms with E-state index in [9.17, 15) is 18.0 Å². The van der Waals surface area contributed by atoms with Crippen LogP contribution in [-0.2, 0) is 32.6 Å². The summed E-state index contributed by atoms with van der Waals surface area (Å²) in [5, 5.41) is 3.82. The molecule has 7 nitrogen and oxygen atoms in total. The standard InChI is InChI=1S/C35H37Cl2N3O4S/c1-25(2)22-38-35(42)33(21-27-12-6-4-7-13-27)39(23-28-14-10-15-29(36)20-28)34(41)24-40(32-19-11-18-31(37)26(32)3)45(43,44)30-16-8-5-9-17-30/h4-20,25,33H,21-24H2,1-3H3,(H,38,42). The molecular formula is C35H37Cl2N3O4S. The van der Waals surface area contributed by atoms with Gasteiger partial charge in [0.15, 0.2) is 0 Å². The van der Waals surface area contributed by atoms with E-state index in [4.69, 9.17) is 23.2 Å². The molecule has 0 saturated heterocycles. The number of amides is 2. The molecule has 4 aromatic carbocycles. The van der Waals surface area contributed by atoms with Crippen molar-refractivity contribution in [3.63, 3.8) is 0 Å². The Bertz CT molecular complexity index is 1720. The van der Waals surface area contributed by atoms with Gasteiger partial charge in [-0.05, 0) is 65.9 Å². The zero-order chi connectivity index (χ0) is 32.6. The average Bonchev–Trinajstić information content (AvgIpc) is 3.02. The summed E-state index contributed by atoms with van der Waals surface area (Å²) >= 11 is 12.7. The molecule has 0 heterocycles. The van der Waals surface area contributed by atoms with Gasteiger partial charge in [0.1, 0.15) is 12.6 Å². The Morgan fingerprint density at radius 1 is 0.822 bits per heavy atom. The van der Waals surface area contributed by atoms with E-state index < -0.39 is 28.5 Å². The fourth-order valence-corrected chi connectivity index (χ4v) is 6.78. The topological polar surface area (TPSA) is 86.8 Å². The highest BCUT2D eigenvalue weighted by atomic mass is 35.5. The maximum absolute atomic E-state index is 14.5. The minimum atomic E-state index is -4.22. The van der Waals surface area contributed by atoms with Gasteiger partial charge in [0.2, 0.25) is 11.8 Å². The number of hydrogen-bond acceptors (Lipinski definition) is 4. The molecule has 0 radical (unpaired) electrons. The molecule has 10 heteroatoms. The number of nitrogens with zero attached hydrogens (tertiary/aromatic N) is 2. The van der Waals surface area contributed by atoms with Crippen LogP contribution in [0.3, 0.4) is 0 Å². The number of nitrogens with one attached hydrogen (secondary N) is 1. The monoisotopic (exact) mass is 665 g/mol. The van der Waals surface area contributed by atoms with Gasteiger partial charge in [-0.25, -0.2) is 8.42 Å². The summed E-state index contributed by atoms with van der Waals surface area (Å²) in [4.78, 5) is 29.9. The molecule has 4 rings (SSSR count). The molecule has 0 aliphatic heterocycles. The highest BCUT2D eigenvalue weighted by Crippen LogP contribution is 2.31. The van der Waals surface area contributed by atoms with E-state index in [0.29, 0.717) is 27.7 Å². The van der Waals surface area contributed by atoms with Crippen LogP contribution < -0.4 is 9.62 Å². The molecule has 45 heavy (non-hydrogen) atoms. The lowest BCUT2D eigenvalue weighted by Crippen LogP contribution is -2.53. The Labute approximate surface area is 275 Å². The molecule has 236 valence electrons. The molecule has 0 aromatic heterocycles. The van der Waals surface area contributed by atoms with Crippen LogP contribution in [0.15, 0.2) is 108 Å². The second-order valence-corrected chi connectivity index (χ2v) is 13.9. The van der Waals surface area contributed by atoms with Gasteiger partial charge in [-0.3, -0.25) is 13.9 Å². The first-order valence-electron chi connectivity index (χ1n) is 14.7. The highest BCUT2D eigenvalue weighted by Gasteiger charge is 2.35. The molecule has 1 N–H and O–H groups in total. The van der Waals surface area contributed by atoms with Crippen molar-refractivity contribution < 1.29 is 18.0 Å². The highest BCUT2D eigenvalue weighted by molar-refractivity contribution is 7.92. The third kappa shape index (κ3) is 8.87. The van der Waals surface area contributed by atoms with Crippen LogP contribution in [0.5, 0.6) is 0 Å². The lowest BCUT2D eigenvalue weighted by atomic mass is 10.0. The van der Waals surface area contributed by atoms with Crippen molar-refractivity contribution in [2.75, 3.05) is 17.4 Å². The van der Waals surface area contributed by atoms with Gasteiger partial charge in [-0.15, -0.1) is 0 Å². The van der Waals surface area contributed by atoms with E-state index in [-0.39, 0.29) is 35.4 Å². The van der Waals surface area contributed by atoms with Gasteiger partial charge >= 0.3 is 0 Å². The van der Waals surface area contributed by atoms with E-state index in [1.165, 1.54) is 17.0 Å². The fourth-order valence-electron chi connectivity index (χ4n) is 4.91. The number of benzene rings is 4. The van der Waals surface area contributed by atoms with Crippen LogP contribution in [0.4, 0.5) is 5.69 Å². The Kier molecular flexibility index (Phi) is 11.7. The normalized spacial score (nSPS) is 12.0. The van der Waals surface area contributed by atoms with Crippen molar-refractivity contribution in [1.29, 1.82) is 0 Å². The summed E-state index contributed by atoms with van der Waals surface area (Å²) in [6, 6.07) is 28.4. The van der Waals surface area contributed by atoms with Crippen LogP contribution in [-0.4, -0.2) is 44.3 Å². The molecule has 1 atom stereocenters. The van der Waals surface area contributed by atoms with Crippen molar-refractivity contribution in [2.45, 2.75) is 44.7 Å². The van der Waals surface area contributed by atoms with E-state index in [1.54, 1.807) is 61.5 Å². The van der Waals surface area contributed by atoms with Crippen LogP contribution in [0.25, 0.3) is 0 Å². The number of rotatable bonds is 13. The van der Waals surface area contributed by atoms with E-state index in [0.717, 1.165) is 9.87 Å². The van der Waals surface area contributed by atoms with Crippen molar-refractivity contribution in [1.82, 2.24) is 10.2 Å². The van der Waals surface area contributed by atoms with Gasteiger partial charge < -0.3 is 10.2 Å². The molecule has 0 bridgehead atoms. The zero-order valence-corrected chi connectivity index (χ0v) is 27.8. The maximum atomic E-state index is 14.5. The van der Waals surface area contributed by atoms with E-state index in [1.807, 2.05) is 50.2 Å². The van der Waals surface area contributed by atoms with Gasteiger partial charge in [-0.2, -0.15) is 0 Å². The Balaban J connectivity index is 1.82. The molecule has 1 unspecified atom stereocenters. The van der Waals surface area contributed by atoms with Crippen molar-refractivity contribution >= 4 is 50.7 Å². The van der Waals surface area contributed by atoms with Crippen LogP contribution in [0.1, 0.15) is 30.5 Å². The minimum absolute atomic E-state index is 0.0223. The van der Waals surface area contributed by atoms with Gasteiger partial charge in [0, 0.05) is 29.6 Å². The van der Waals surface area contributed by atoms with Gasteiger partial charge in [0.25, 0.3) is 10.0 Å². The van der Waals surface area contributed by atoms with Crippen molar-refractivity contribution in [2.24, 2.45) is 5.92 Å². The summed E-state index contributed by atoms with van der Waals surface area (Å²) in [5.41, 5.74) is 2.32. The third-order valence-corrected chi connectivity index (χ3v) is 9.73. The first-order chi connectivity index (χ1) is 21.5. The Hall–Kier alpha value is -3.85. The van der Waals surface area contributed by atoms with E-state index in [2.05, 4.69) is 5.32 Å². The molecule has 0 spiro atoms. The number of sulfonamides is 1. The molecular weight excluding hydrogens is 629 g/mol. The summed E-state index contributed by atoms with van der Waals surface area (Å²) in [5.74, 6) is -0.713. The maximum Gasteiger partial charge on any atom is 0.264 e. The average molecular weight is 667 g/mol. The minimum Gasteiger partial charge on any atom is -0.354 e. The number of carbonyl (C=O) groups excluding carboxylic acids is 2. The lowest BCUT2D eigenvalue weighted by molar-refractivity contribution is -0.140. The Morgan fingerprint density at radius 2 is 1.44 bits per heavy atom. The largest absolute Gasteiger partial charge is 0.354 e. The van der Waals surface area contributed by atoms with E-state index >= 15 is 0 Å². The second-order valence-electron chi connectivity index (χ2n) is 11.2. The van der Waals surface area contributed by atoms with Crippen LogP contribution in [0.2, 0.25) is 10.0 Å². The van der Waals surface area contributed by atoms with Gasteiger partial charge in [0.05, 0.1) is 10.6 Å². The predicted octanol–water partition coefficient (Wildman–Crippen LogP) is 6.91. The summed E-state index contributed by atoms with van der Waals surface area (Å²) in [7, 11) is -4.22. The molecule has 0 fully saturated rings. The summed E-state index contributed by atoms with van der Waals surface area (Å²) in [6.07, 6.45) is 0.221. The number of halogens is 2. The summed E-state index contributed by atoms with van der Waals surface area (Å²) < 4.78 is 29.4. The molecule has 0 aliphatic carbocycles. The fraction of sp³-hybridized carbons (Fsp3) is 0.257. The molecule has 0 aliphatic rings. The second kappa shape index (κ2) is 15.4. The quantitative estimate of drug-likeness (QED) is 0.168. The molecule has 0 saturated carbocycles. The number of hydrogen-bond donors (Lipinski definition) is 1. The van der Waals surface area contributed by atoms with Crippen LogP contribution >= 0.6 is 23.2 Å². The Morgan fingerprint density at radius 3 is 2.09 bits per heavy atom. The molecule has 2 amide bonds. The zero-order valence-electron chi connectivity index (χ0n) is 25.5. The number of anilines is 1. The third-order valence-electron chi connectivity index (χ3n) is 7.32. The smallest absolute Gasteiger partial charge is 0.264 e. The predicted molar refractivity (Wildman–Crippen MR) is 181 cm³/mol. The van der Waals surface area contributed by atoms with Crippen molar-refractivity contribution in [3.05, 3.63) is 130 Å². The van der Waals surface area contributed by atoms with Crippen molar-refractivity contribution in [3.8, 4) is 0 Å². The SMILES string of the molecule is Cc1c(Cl)cccc1N(CC(=O)N(Cc1cccc(Cl)c1)C(Cc1ccccc1)C(=O)NCC(C)C)S(=O)(=O)c1ccccc1. The summed E-state index contributed by atoms with van der Waals surface area (Å²) in [6.45, 7) is 5.56. The molecule has 4 aromatic rings. The lowest BCUT2D eigenvalue weighted by Gasteiger charge is -2.34.